The van der Waals surface area contributed by atoms with Crippen LogP contribution in [0.4, 0.5) is 0 Å². The van der Waals surface area contributed by atoms with E-state index in [4.69, 9.17) is 9.15 Å². The molecule has 0 aromatic carbocycles. The molecule has 0 spiro atoms. The predicted octanol–water partition coefficient (Wildman–Crippen LogP) is 2.48. The number of rotatable bonds is 6. The van der Waals surface area contributed by atoms with E-state index in [1.807, 2.05) is 0 Å². The van der Waals surface area contributed by atoms with Crippen molar-refractivity contribution in [3.8, 4) is 0 Å². The van der Waals surface area contributed by atoms with Crippen molar-refractivity contribution in [2.75, 3.05) is 33.3 Å². The number of nitrogens with zero attached hydrogens (tertiary/aromatic N) is 3. The summed E-state index contributed by atoms with van der Waals surface area (Å²) >= 11 is 1.46. The summed E-state index contributed by atoms with van der Waals surface area (Å²) < 4.78 is 37.9. The highest BCUT2D eigenvalue weighted by atomic mass is 32.2. The summed E-state index contributed by atoms with van der Waals surface area (Å²) in [6.07, 6.45) is 0.815. The first-order chi connectivity index (χ1) is 14.6. The minimum atomic E-state index is -3.99. The van der Waals surface area contributed by atoms with Gasteiger partial charge in [0.05, 0.1) is 12.1 Å². The average molecular weight is 470 g/mol. The lowest BCUT2D eigenvalue weighted by Crippen LogP contribution is -2.50. The summed E-state index contributed by atoms with van der Waals surface area (Å²) in [5.41, 5.74) is 0.310. The molecule has 0 radical (unpaired) electrons. The lowest BCUT2D eigenvalue weighted by atomic mass is 10.1. The Morgan fingerprint density at radius 3 is 2.42 bits per heavy atom. The number of furan rings is 1. The minimum Gasteiger partial charge on any atom is -0.465 e. The highest BCUT2D eigenvalue weighted by Crippen LogP contribution is 2.30. The molecule has 0 unspecified atom stereocenters. The van der Waals surface area contributed by atoms with Crippen LogP contribution in [0, 0.1) is 19.8 Å². The van der Waals surface area contributed by atoms with Crippen molar-refractivity contribution in [3.63, 3.8) is 0 Å². The van der Waals surface area contributed by atoms with Crippen molar-refractivity contribution in [1.82, 2.24) is 14.2 Å². The van der Waals surface area contributed by atoms with Gasteiger partial charge in [-0.2, -0.15) is 4.31 Å². The zero-order chi connectivity index (χ0) is 22.9. The van der Waals surface area contributed by atoms with Gasteiger partial charge in [0.15, 0.2) is 0 Å². The highest BCUT2D eigenvalue weighted by Gasteiger charge is 2.37. The first-order valence-corrected chi connectivity index (χ1v) is 12.3. The summed E-state index contributed by atoms with van der Waals surface area (Å²) in [6.45, 7) is 7.91. The van der Waals surface area contributed by atoms with Gasteiger partial charge in [-0.25, -0.2) is 18.2 Å². The largest absolute Gasteiger partial charge is 0.465 e. The first-order valence-electron chi connectivity index (χ1n) is 9.98. The molecule has 11 heteroatoms. The van der Waals surface area contributed by atoms with Gasteiger partial charge in [-0.1, -0.05) is 13.8 Å². The molecule has 2 aromatic heterocycles. The molecule has 1 fully saturated rings. The van der Waals surface area contributed by atoms with E-state index in [1.165, 1.54) is 36.6 Å². The van der Waals surface area contributed by atoms with Crippen LogP contribution in [0.1, 0.15) is 51.2 Å². The number of carbonyl (C=O) groups is 2. The van der Waals surface area contributed by atoms with Crippen LogP contribution in [-0.4, -0.2) is 67.8 Å². The minimum absolute atomic E-state index is 0.0846. The molecule has 3 rings (SSSR count). The summed E-state index contributed by atoms with van der Waals surface area (Å²) in [5.74, 6) is -0.182. The van der Waals surface area contributed by atoms with E-state index in [0.29, 0.717) is 11.6 Å². The number of piperazine rings is 1. The number of aryl methyl sites for hydroxylation is 2. The monoisotopic (exact) mass is 469 g/mol. The molecule has 1 aliphatic rings. The molecule has 170 valence electrons. The fourth-order valence-electron chi connectivity index (χ4n) is 3.59. The standard InChI is InChI=1S/C20H27N3O6S2/c1-12(2)10-16-21-15(11-30-16)19(24)22-6-8-23(9-7-22)31(26,27)18-14(4)29-13(3)17(18)20(25)28-5/h11-12H,6-10H2,1-5H3. The topological polar surface area (TPSA) is 110 Å². The van der Waals surface area contributed by atoms with Crippen LogP contribution in [-0.2, 0) is 21.2 Å². The number of aromatic nitrogens is 1. The number of methoxy groups -OCH3 is 1. The SMILES string of the molecule is COC(=O)c1c(C)oc(C)c1S(=O)(=O)N1CCN(C(=O)c2csc(CC(C)C)n2)CC1. The van der Waals surface area contributed by atoms with Crippen LogP contribution in [0.25, 0.3) is 0 Å². The molecule has 1 aliphatic heterocycles. The number of hydrogen-bond acceptors (Lipinski definition) is 8. The van der Waals surface area contributed by atoms with Gasteiger partial charge in [0.25, 0.3) is 5.91 Å². The second-order valence-corrected chi connectivity index (χ2v) is 10.6. The third-order valence-electron chi connectivity index (χ3n) is 5.07. The van der Waals surface area contributed by atoms with Gasteiger partial charge in [-0.05, 0) is 19.8 Å². The fourth-order valence-corrected chi connectivity index (χ4v) is 6.36. The maximum absolute atomic E-state index is 13.3. The molecule has 2 aromatic rings. The Labute approximate surface area is 186 Å². The molecule has 0 bridgehead atoms. The highest BCUT2D eigenvalue weighted by molar-refractivity contribution is 7.89. The third-order valence-corrected chi connectivity index (χ3v) is 8.00. The van der Waals surface area contributed by atoms with Gasteiger partial charge in [0.1, 0.15) is 27.7 Å². The van der Waals surface area contributed by atoms with E-state index in [1.54, 1.807) is 10.3 Å². The van der Waals surface area contributed by atoms with Crippen molar-refractivity contribution in [2.24, 2.45) is 5.92 Å². The van der Waals surface area contributed by atoms with E-state index >= 15 is 0 Å². The average Bonchev–Trinajstić information content (AvgIpc) is 3.30. The summed E-state index contributed by atoms with van der Waals surface area (Å²) in [7, 11) is -2.80. The Bertz CT molecular complexity index is 1080. The number of hydrogen-bond donors (Lipinski definition) is 0. The second-order valence-electron chi connectivity index (χ2n) is 7.83. The molecule has 31 heavy (non-hydrogen) atoms. The van der Waals surface area contributed by atoms with Crippen molar-refractivity contribution < 1.29 is 27.2 Å². The van der Waals surface area contributed by atoms with Gasteiger partial charge in [-0.15, -0.1) is 11.3 Å². The van der Waals surface area contributed by atoms with Crippen LogP contribution in [0.2, 0.25) is 0 Å². The fraction of sp³-hybridized carbons (Fsp3) is 0.550. The first kappa shape index (κ1) is 23.4. The Hall–Kier alpha value is -2.24. The Morgan fingerprint density at radius 1 is 1.19 bits per heavy atom. The van der Waals surface area contributed by atoms with Gasteiger partial charge in [0.2, 0.25) is 10.0 Å². The molecule has 0 atom stereocenters. The maximum atomic E-state index is 13.3. The molecule has 9 nitrogen and oxygen atoms in total. The number of carbonyl (C=O) groups excluding carboxylic acids is 2. The third kappa shape index (κ3) is 4.68. The van der Waals surface area contributed by atoms with Crippen LogP contribution in [0.15, 0.2) is 14.7 Å². The second kappa shape index (κ2) is 9.09. The molecule has 1 amide bonds. The van der Waals surface area contributed by atoms with Crippen molar-refractivity contribution >= 4 is 33.2 Å². The lowest BCUT2D eigenvalue weighted by Gasteiger charge is -2.33. The number of sulfonamides is 1. The van der Waals surface area contributed by atoms with Crippen LogP contribution >= 0.6 is 11.3 Å². The van der Waals surface area contributed by atoms with Crippen LogP contribution in [0.5, 0.6) is 0 Å². The van der Waals surface area contributed by atoms with Crippen molar-refractivity contribution in [2.45, 2.75) is 39.0 Å². The zero-order valence-corrected chi connectivity index (χ0v) is 19.9. The molecule has 0 saturated carbocycles. The molecule has 0 aliphatic carbocycles. The van der Waals surface area contributed by atoms with E-state index < -0.39 is 16.0 Å². The summed E-state index contributed by atoms with van der Waals surface area (Å²) in [6, 6.07) is 0. The molecule has 0 N–H and O–H groups in total. The summed E-state index contributed by atoms with van der Waals surface area (Å²) in [4.78, 5) is 30.8. The van der Waals surface area contributed by atoms with E-state index in [2.05, 4.69) is 18.8 Å². The summed E-state index contributed by atoms with van der Waals surface area (Å²) in [5, 5.41) is 2.67. The molecule has 3 heterocycles. The molecule has 1 saturated heterocycles. The number of esters is 1. The molecular weight excluding hydrogens is 442 g/mol. The van der Waals surface area contributed by atoms with Gasteiger partial charge < -0.3 is 14.1 Å². The Balaban J connectivity index is 1.74. The van der Waals surface area contributed by atoms with Gasteiger partial charge in [0, 0.05) is 38.0 Å². The van der Waals surface area contributed by atoms with Gasteiger partial charge in [-0.3, -0.25) is 4.79 Å². The van der Waals surface area contributed by atoms with Gasteiger partial charge >= 0.3 is 5.97 Å². The molecular formula is C20H27N3O6S2. The van der Waals surface area contributed by atoms with Crippen molar-refractivity contribution in [3.05, 3.63) is 33.2 Å². The van der Waals surface area contributed by atoms with E-state index in [0.717, 1.165) is 11.4 Å². The maximum Gasteiger partial charge on any atom is 0.342 e. The van der Waals surface area contributed by atoms with Crippen molar-refractivity contribution in [1.29, 1.82) is 0 Å². The zero-order valence-electron chi connectivity index (χ0n) is 18.3. The smallest absolute Gasteiger partial charge is 0.342 e. The van der Waals surface area contributed by atoms with Crippen LogP contribution in [0.3, 0.4) is 0 Å². The Morgan fingerprint density at radius 2 is 1.84 bits per heavy atom. The van der Waals surface area contributed by atoms with E-state index in [9.17, 15) is 18.0 Å². The van der Waals surface area contributed by atoms with E-state index in [-0.39, 0.29) is 54.1 Å². The predicted molar refractivity (Wildman–Crippen MR) is 115 cm³/mol. The normalized spacial score (nSPS) is 15.5. The number of ether oxygens (including phenoxy) is 1. The number of amides is 1. The number of thiazole rings is 1. The van der Waals surface area contributed by atoms with Crippen LogP contribution < -0.4 is 0 Å². The lowest BCUT2D eigenvalue weighted by molar-refractivity contribution is 0.0594. The Kier molecular flexibility index (Phi) is 6.87. The quantitative estimate of drug-likeness (QED) is 0.598.